The van der Waals surface area contributed by atoms with Crippen LogP contribution in [-0.2, 0) is 23.9 Å². The molecule has 0 saturated carbocycles. The third-order valence-electron chi connectivity index (χ3n) is 6.26. The van der Waals surface area contributed by atoms with E-state index in [1.807, 2.05) is 0 Å². The minimum Gasteiger partial charge on any atom is -0.466 e. The lowest BCUT2D eigenvalue weighted by atomic mass is 10.0. The van der Waals surface area contributed by atoms with Crippen molar-refractivity contribution in [1.29, 1.82) is 0 Å². The fourth-order valence-corrected chi connectivity index (χ4v) is 3.74. The van der Waals surface area contributed by atoms with E-state index >= 15 is 0 Å². The highest BCUT2D eigenvalue weighted by atomic mass is 16.5. The van der Waals surface area contributed by atoms with Crippen LogP contribution in [0.3, 0.4) is 0 Å². The number of carbonyl (C=O) groups is 3. The molecule has 0 aliphatic carbocycles. The molecule has 1 amide bonds. The number of hydrogen-bond donors (Lipinski definition) is 6. The van der Waals surface area contributed by atoms with Crippen molar-refractivity contribution in [3.05, 3.63) is 0 Å². The predicted octanol–water partition coefficient (Wildman–Crippen LogP) is 1.49. The van der Waals surface area contributed by atoms with Crippen LogP contribution in [0.2, 0.25) is 0 Å². The maximum Gasteiger partial charge on any atom is 0.328 e. The Morgan fingerprint density at radius 1 is 0.711 bits per heavy atom. The highest BCUT2D eigenvalue weighted by molar-refractivity contribution is 5.87. The summed E-state index contributed by atoms with van der Waals surface area (Å²) < 4.78 is 10.5. The van der Waals surface area contributed by atoms with E-state index < -0.39 is 54.9 Å². The maximum atomic E-state index is 12.6. The fourth-order valence-electron chi connectivity index (χ4n) is 3.74. The predicted molar refractivity (Wildman–Crippen MR) is 141 cm³/mol. The third-order valence-corrected chi connectivity index (χ3v) is 6.26. The van der Waals surface area contributed by atoms with Crippen LogP contribution in [0.1, 0.15) is 104 Å². The summed E-state index contributed by atoms with van der Waals surface area (Å²) in [5.74, 6) is -2.54. The first-order chi connectivity index (χ1) is 18.2. The first-order valence-corrected chi connectivity index (χ1v) is 14.1. The van der Waals surface area contributed by atoms with E-state index in [9.17, 15) is 34.8 Å². The lowest BCUT2D eigenvalue weighted by Gasteiger charge is -2.26. The molecule has 0 radical (unpaired) electrons. The lowest BCUT2D eigenvalue weighted by molar-refractivity contribution is -0.155. The molecular weight excluding hydrogens is 498 g/mol. The normalized spacial score (nSPS) is 15.2. The molecule has 11 heteroatoms. The molecule has 0 bridgehead atoms. The number of aliphatic hydroxyl groups is 5. The van der Waals surface area contributed by atoms with Crippen LogP contribution in [-0.4, -0.2) is 93.7 Å². The van der Waals surface area contributed by atoms with Crippen molar-refractivity contribution in [1.82, 2.24) is 5.32 Å². The smallest absolute Gasteiger partial charge is 0.328 e. The summed E-state index contributed by atoms with van der Waals surface area (Å²) in [6, 6.07) is -1.30. The van der Waals surface area contributed by atoms with Crippen LogP contribution in [0, 0.1) is 0 Å². The average molecular weight is 550 g/mol. The maximum absolute atomic E-state index is 12.6. The Kier molecular flexibility index (Phi) is 22.0. The van der Waals surface area contributed by atoms with Crippen LogP contribution in [0.15, 0.2) is 0 Å². The van der Waals surface area contributed by atoms with Gasteiger partial charge in [0.2, 0.25) is 0 Å². The first-order valence-electron chi connectivity index (χ1n) is 14.1. The second-order valence-corrected chi connectivity index (χ2v) is 9.70. The largest absolute Gasteiger partial charge is 0.466 e. The van der Waals surface area contributed by atoms with Crippen LogP contribution in [0.5, 0.6) is 0 Å². The van der Waals surface area contributed by atoms with Gasteiger partial charge in [-0.05, 0) is 19.3 Å². The van der Waals surface area contributed by atoms with Gasteiger partial charge < -0.3 is 40.3 Å². The molecule has 0 rings (SSSR count). The zero-order valence-corrected chi connectivity index (χ0v) is 23.2. The number of rotatable bonds is 24. The van der Waals surface area contributed by atoms with Crippen molar-refractivity contribution in [2.75, 3.05) is 19.8 Å². The minimum absolute atomic E-state index is 0.131. The Morgan fingerprint density at radius 2 is 1.21 bits per heavy atom. The summed E-state index contributed by atoms with van der Waals surface area (Å²) in [5.41, 5.74) is 0. The molecule has 5 atom stereocenters. The molecule has 0 aliphatic heterocycles. The van der Waals surface area contributed by atoms with Crippen molar-refractivity contribution in [2.24, 2.45) is 0 Å². The molecular formula is C27H51NO10. The van der Waals surface area contributed by atoms with E-state index in [0.29, 0.717) is 6.42 Å². The van der Waals surface area contributed by atoms with Gasteiger partial charge in [-0.1, -0.05) is 78.1 Å². The summed E-state index contributed by atoms with van der Waals surface area (Å²) in [7, 11) is 0. The summed E-state index contributed by atoms with van der Waals surface area (Å²) in [5, 5.41) is 50.4. The molecule has 0 fully saturated rings. The number of nitrogens with one attached hydrogen (secondary N) is 1. The van der Waals surface area contributed by atoms with E-state index in [-0.39, 0.29) is 26.1 Å². The average Bonchev–Trinajstić information content (AvgIpc) is 2.92. The van der Waals surface area contributed by atoms with Gasteiger partial charge in [0.1, 0.15) is 24.4 Å². The molecule has 0 aliphatic rings. The van der Waals surface area contributed by atoms with Gasteiger partial charge in [-0.3, -0.25) is 9.59 Å². The van der Waals surface area contributed by atoms with Crippen LogP contribution < -0.4 is 5.32 Å². The van der Waals surface area contributed by atoms with Gasteiger partial charge in [0.15, 0.2) is 6.10 Å². The molecule has 11 nitrogen and oxygen atoms in total. The Balaban J connectivity index is 4.84. The number of amides is 1. The number of ether oxygens (including phenoxy) is 2. The molecule has 0 spiro atoms. The summed E-state index contributed by atoms with van der Waals surface area (Å²) in [6.07, 6.45) is 3.66. The van der Waals surface area contributed by atoms with Crippen LogP contribution in [0.25, 0.3) is 0 Å². The molecule has 0 aromatic carbocycles. The Morgan fingerprint density at radius 3 is 1.74 bits per heavy atom. The number of hydrogen-bond acceptors (Lipinski definition) is 10. The lowest BCUT2D eigenvalue weighted by Crippen LogP contribution is -2.54. The molecule has 38 heavy (non-hydrogen) atoms. The van der Waals surface area contributed by atoms with Crippen molar-refractivity contribution in [2.45, 2.75) is 134 Å². The molecule has 0 heterocycles. The van der Waals surface area contributed by atoms with E-state index in [4.69, 9.17) is 14.6 Å². The number of unbranched alkanes of at least 4 members (excludes halogenated alkanes) is 10. The molecule has 224 valence electrons. The van der Waals surface area contributed by atoms with Gasteiger partial charge in [-0.15, -0.1) is 0 Å². The van der Waals surface area contributed by atoms with Crippen molar-refractivity contribution >= 4 is 17.8 Å². The first kappa shape index (κ1) is 36.2. The molecule has 0 aromatic rings. The Hall–Kier alpha value is -1.79. The number of carbonyl (C=O) groups excluding carboxylic acids is 3. The van der Waals surface area contributed by atoms with Crippen molar-refractivity contribution in [3.8, 4) is 0 Å². The molecule has 0 saturated heterocycles. The Bertz CT molecular complexity index is 633. The van der Waals surface area contributed by atoms with Gasteiger partial charge >= 0.3 is 11.9 Å². The molecule has 6 N–H and O–H groups in total. The van der Waals surface area contributed by atoms with E-state index in [1.165, 1.54) is 6.42 Å². The van der Waals surface area contributed by atoms with E-state index in [2.05, 4.69) is 19.2 Å². The topological polar surface area (TPSA) is 183 Å². The highest BCUT2D eigenvalue weighted by Gasteiger charge is 2.36. The second-order valence-electron chi connectivity index (χ2n) is 9.70. The van der Waals surface area contributed by atoms with Crippen LogP contribution in [0.4, 0.5) is 0 Å². The summed E-state index contributed by atoms with van der Waals surface area (Å²) in [4.78, 5) is 37.2. The SMILES string of the molecule is CCCCCCCCOC(=O)CC[C@H](NC(=O)[C@H](O)[C@@H](O)[C@H](O)[C@H](O)CO)C(=O)OCCCCCCCC. The van der Waals surface area contributed by atoms with E-state index in [1.54, 1.807) is 0 Å². The number of aliphatic hydroxyl groups excluding tert-OH is 5. The van der Waals surface area contributed by atoms with Crippen molar-refractivity contribution < 1.29 is 49.4 Å². The highest BCUT2D eigenvalue weighted by Crippen LogP contribution is 2.10. The fraction of sp³-hybridized carbons (Fsp3) is 0.889. The van der Waals surface area contributed by atoms with Gasteiger partial charge in [0, 0.05) is 6.42 Å². The van der Waals surface area contributed by atoms with Gasteiger partial charge in [0.25, 0.3) is 5.91 Å². The molecule has 0 aromatic heterocycles. The van der Waals surface area contributed by atoms with Gasteiger partial charge in [0.05, 0.1) is 19.8 Å². The quantitative estimate of drug-likeness (QED) is 0.0762. The summed E-state index contributed by atoms with van der Waals surface area (Å²) in [6.45, 7) is 3.75. The van der Waals surface area contributed by atoms with Crippen LogP contribution >= 0.6 is 0 Å². The van der Waals surface area contributed by atoms with E-state index in [0.717, 1.165) is 64.2 Å². The van der Waals surface area contributed by atoms with Gasteiger partial charge in [-0.25, -0.2) is 4.79 Å². The Labute approximate surface area is 226 Å². The zero-order valence-electron chi connectivity index (χ0n) is 23.2. The molecule has 0 unspecified atom stereocenters. The zero-order chi connectivity index (χ0) is 28.8. The monoisotopic (exact) mass is 549 g/mol. The van der Waals surface area contributed by atoms with Crippen molar-refractivity contribution in [3.63, 3.8) is 0 Å². The number of esters is 2. The minimum atomic E-state index is -2.21. The van der Waals surface area contributed by atoms with Gasteiger partial charge in [-0.2, -0.15) is 0 Å². The second kappa shape index (κ2) is 23.1. The summed E-state index contributed by atoms with van der Waals surface area (Å²) >= 11 is 0. The third kappa shape index (κ3) is 16.9. The standard InChI is InChI=1S/C27H51NO10/c1-3-5-7-9-11-13-17-37-22(31)16-15-20(27(36)38-18-14-12-10-8-6-4-2)28-26(35)25(34)24(33)23(32)21(30)19-29/h20-21,23-25,29-30,32-34H,3-19H2,1-2H3,(H,28,35)/t20-,21+,23+,24-,25+/m0/s1.